The third-order valence-electron chi connectivity index (χ3n) is 2.91. The molecule has 0 amide bonds. The zero-order valence-corrected chi connectivity index (χ0v) is 12.6. The van der Waals surface area contributed by atoms with E-state index < -0.39 is 10.0 Å². The van der Waals surface area contributed by atoms with Gasteiger partial charge in [-0.2, -0.15) is 0 Å². The number of sulfonamides is 1. The van der Waals surface area contributed by atoms with Crippen molar-refractivity contribution < 1.29 is 22.7 Å². The lowest BCUT2D eigenvalue weighted by Crippen LogP contribution is -2.15. The Balaban J connectivity index is 2.47. The molecule has 0 saturated heterocycles. The van der Waals surface area contributed by atoms with Crippen molar-refractivity contribution in [2.45, 2.75) is 25.7 Å². The highest BCUT2D eigenvalue weighted by molar-refractivity contribution is 7.92. The smallest absolute Gasteiger partial charge is 0.265 e. The summed E-state index contributed by atoms with van der Waals surface area (Å²) in [5, 5.41) is 9.40. The fourth-order valence-corrected chi connectivity index (χ4v) is 3.31. The molecule has 0 bridgehead atoms. The second-order valence-electron chi connectivity index (χ2n) is 4.67. The molecule has 0 aliphatic rings. The van der Waals surface area contributed by atoms with E-state index in [0.717, 1.165) is 0 Å². The zero-order chi connectivity index (χ0) is 15.8. The number of nitrogens with one attached hydrogen (secondary N) is 1. The largest absolute Gasteiger partial charge is 0.508 e. The maximum atomic E-state index is 12.4. The lowest BCUT2D eigenvalue weighted by atomic mass is 10.1. The van der Waals surface area contributed by atoms with E-state index in [2.05, 4.69) is 4.72 Å². The Hall–Kier alpha value is -2.28. The number of furan rings is 1. The van der Waals surface area contributed by atoms with E-state index >= 15 is 0 Å². The van der Waals surface area contributed by atoms with Gasteiger partial charge in [0.05, 0.1) is 5.69 Å². The molecule has 2 rings (SSSR count). The molecule has 0 spiro atoms. The van der Waals surface area contributed by atoms with Crippen LogP contribution in [0.15, 0.2) is 33.6 Å². The molecule has 2 N–H and O–H groups in total. The van der Waals surface area contributed by atoms with Crippen LogP contribution in [0.3, 0.4) is 0 Å². The van der Waals surface area contributed by atoms with Gasteiger partial charge in [0.2, 0.25) is 0 Å². The second-order valence-corrected chi connectivity index (χ2v) is 6.32. The van der Waals surface area contributed by atoms with E-state index in [1.807, 2.05) is 0 Å². The third kappa shape index (κ3) is 3.08. The van der Waals surface area contributed by atoms with Crippen molar-refractivity contribution >= 4 is 21.5 Å². The van der Waals surface area contributed by atoms with Gasteiger partial charge in [-0.3, -0.25) is 9.52 Å². The van der Waals surface area contributed by atoms with E-state index in [1.54, 1.807) is 13.8 Å². The van der Waals surface area contributed by atoms with Gasteiger partial charge in [0.25, 0.3) is 10.0 Å². The van der Waals surface area contributed by atoms with Crippen molar-refractivity contribution in [3.05, 3.63) is 41.3 Å². The summed E-state index contributed by atoms with van der Waals surface area (Å²) in [7, 11) is -3.87. The van der Waals surface area contributed by atoms with Gasteiger partial charge >= 0.3 is 0 Å². The Morgan fingerprint density at radius 1 is 1.24 bits per heavy atom. The van der Waals surface area contributed by atoms with E-state index in [4.69, 9.17) is 4.42 Å². The molecule has 1 aromatic heterocycles. The maximum Gasteiger partial charge on any atom is 0.265 e. The minimum Gasteiger partial charge on any atom is -0.508 e. The van der Waals surface area contributed by atoms with Gasteiger partial charge in [-0.25, -0.2) is 8.42 Å². The molecular weight excluding hydrogens is 294 g/mol. The number of aryl methyl sites for hydroxylation is 2. The van der Waals surface area contributed by atoms with Gasteiger partial charge in [-0.15, -0.1) is 0 Å². The lowest BCUT2D eigenvalue weighted by Gasteiger charge is -2.10. The predicted octanol–water partition coefficient (Wildman–Crippen LogP) is 2.61. The summed E-state index contributed by atoms with van der Waals surface area (Å²) < 4.78 is 32.3. The average Bonchev–Trinajstić information content (AvgIpc) is 2.71. The van der Waals surface area contributed by atoms with Crippen LogP contribution >= 0.6 is 0 Å². The average molecular weight is 309 g/mol. The normalized spacial score (nSPS) is 11.4. The van der Waals surface area contributed by atoms with Crippen LogP contribution in [0.4, 0.5) is 5.69 Å². The predicted molar refractivity (Wildman–Crippen MR) is 77.1 cm³/mol. The quantitative estimate of drug-likeness (QED) is 0.668. The molecule has 0 saturated carbocycles. The highest BCUT2D eigenvalue weighted by atomic mass is 32.2. The summed E-state index contributed by atoms with van der Waals surface area (Å²) in [4.78, 5) is 11.6. The van der Waals surface area contributed by atoms with Gasteiger partial charge < -0.3 is 9.52 Å². The van der Waals surface area contributed by atoms with Crippen LogP contribution in [0.5, 0.6) is 5.75 Å². The highest BCUT2D eigenvalue weighted by Crippen LogP contribution is 2.26. The van der Waals surface area contributed by atoms with Crippen LogP contribution in [0.2, 0.25) is 0 Å². The van der Waals surface area contributed by atoms with Crippen molar-refractivity contribution in [1.29, 1.82) is 0 Å². The molecule has 0 radical (unpaired) electrons. The first-order valence-electron chi connectivity index (χ1n) is 6.14. The van der Waals surface area contributed by atoms with Gasteiger partial charge in [-0.05, 0) is 39.0 Å². The molecule has 1 heterocycles. The van der Waals surface area contributed by atoms with Crippen molar-refractivity contribution in [1.82, 2.24) is 0 Å². The topological polar surface area (TPSA) is 96.6 Å². The number of carbonyl (C=O) groups is 1. The Kier molecular flexibility index (Phi) is 3.78. The summed E-state index contributed by atoms with van der Waals surface area (Å²) in [5.74, 6) is 0.274. The molecule has 112 valence electrons. The summed E-state index contributed by atoms with van der Waals surface area (Å²) in [6.07, 6.45) is 0. The molecule has 0 atom stereocenters. The number of anilines is 1. The summed E-state index contributed by atoms with van der Waals surface area (Å²) in [6, 6.07) is 5.27. The molecule has 2 aromatic rings. The SMILES string of the molecule is CC(=O)c1cc(O)ccc1NS(=O)(=O)c1cc(C)oc1C. The van der Waals surface area contributed by atoms with Gasteiger partial charge in [0, 0.05) is 11.6 Å². The molecule has 0 aliphatic carbocycles. The number of rotatable bonds is 4. The molecular formula is C14H15NO5S. The summed E-state index contributed by atoms with van der Waals surface area (Å²) in [6.45, 7) is 4.48. The Bertz CT molecular complexity index is 805. The van der Waals surface area contributed by atoms with E-state index in [1.165, 1.54) is 31.2 Å². The monoisotopic (exact) mass is 309 g/mol. The highest BCUT2D eigenvalue weighted by Gasteiger charge is 2.22. The Labute approximate surface area is 122 Å². The minimum absolute atomic E-state index is 0.0163. The molecule has 21 heavy (non-hydrogen) atoms. The zero-order valence-electron chi connectivity index (χ0n) is 11.8. The van der Waals surface area contributed by atoms with Crippen LogP contribution in [0.1, 0.15) is 28.8 Å². The lowest BCUT2D eigenvalue weighted by molar-refractivity contribution is 0.101. The van der Waals surface area contributed by atoms with E-state index in [0.29, 0.717) is 5.76 Å². The number of benzene rings is 1. The van der Waals surface area contributed by atoms with Crippen molar-refractivity contribution in [2.24, 2.45) is 0 Å². The number of carbonyl (C=O) groups excluding carboxylic acids is 1. The van der Waals surface area contributed by atoms with Crippen molar-refractivity contribution in [3.63, 3.8) is 0 Å². The number of phenols is 1. The van der Waals surface area contributed by atoms with Crippen LogP contribution in [0, 0.1) is 13.8 Å². The number of hydrogen-bond acceptors (Lipinski definition) is 5. The summed E-state index contributed by atoms with van der Waals surface area (Å²) in [5.41, 5.74) is 0.204. The number of aromatic hydroxyl groups is 1. The van der Waals surface area contributed by atoms with E-state index in [-0.39, 0.29) is 33.4 Å². The molecule has 0 aliphatic heterocycles. The first kappa shape index (κ1) is 15.1. The van der Waals surface area contributed by atoms with Gasteiger partial charge in [0.15, 0.2) is 5.78 Å². The number of Topliss-reactive ketones (excluding diaryl/α,β-unsaturated/α-hetero) is 1. The number of hydrogen-bond donors (Lipinski definition) is 2. The minimum atomic E-state index is -3.87. The van der Waals surface area contributed by atoms with E-state index in [9.17, 15) is 18.3 Å². The second kappa shape index (κ2) is 5.25. The van der Waals surface area contributed by atoms with Crippen LogP contribution in [-0.2, 0) is 10.0 Å². The number of ketones is 1. The first-order chi connectivity index (χ1) is 9.70. The molecule has 6 nitrogen and oxygen atoms in total. The van der Waals surface area contributed by atoms with Crippen LogP contribution in [0.25, 0.3) is 0 Å². The molecule has 0 fully saturated rings. The molecule has 1 aromatic carbocycles. The fourth-order valence-electron chi connectivity index (χ4n) is 1.99. The van der Waals surface area contributed by atoms with Crippen molar-refractivity contribution in [3.8, 4) is 5.75 Å². The van der Waals surface area contributed by atoms with Crippen LogP contribution in [-0.4, -0.2) is 19.3 Å². The fraction of sp³-hybridized carbons (Fsp3) is 0.214. The Morgan fingerprint density at radius 2 is 1.90 bits per heavy atom. The van der Waals surface area contributed by atoms with Gasteiger partial charge in [0.1, 0.15) is 22.2 Å². The molecule has 0 unspecified atom stereocenters. The first-order valence-corrected chi connectivity index (χ1v) is 7.63. The number of phenolic OH excluding ortho intramolecular Hbond substituents is 1. The summed E-state index contributed by atoms with van der Waals surface area (Å²) >= 11 is 0. The maximum absolute atomic E-state index is 12.4. The molecule has 7 heteroatoms. The standard InChI is InChI=1S/C14H15NO5S/c1-8-6-14(10(3)20-8)21(18,19)15-13-5-4-11(17)7-12(13)9(2)16/h4-7,15,17H,1-3H3. The van der Waals surface area contributed by atoms with Gasteiger partial charge in [-0.1, -0.05) is 0 Å². The Morgan fingerprint density at radius 3 is 2.43 bits per heavy atom. The third-order valence-corrected chi connectivity index (χ3v) is 4.38. The van der Waals surface area contributed by atoms with Crippen molar-refractivity contribution in [2.75, 3.05) is 4.72 Å². The van der Waals surface area contributed by atoms with Crippen LogP contribution < -0.4 is 4.72 Å².